The molecule has 1 rings (SSSR count). The van der Waals surface area contributed by atoms with Gasteiger partial charge in [0.2, 0.25) is 0 Å². The summed E-state index contributed by atoms with van der Waals surface area (Å²) in [5, 5.41) is 3.85. The zero-order valence-electron chi connectivity index (χ0n) is 7.62. The Morgan fingerprint density at radius 3 is 2.93 bits per heavy atom. The number of nitrogens with two attached hydrogens (primary N) is 1. The number of rotatable bonds is 2. The number of hydrogen-bond acceptors (Lipinski definition) is 2. The normalized spacial score (nSPS) is 10.4. The van der Waals surface area contributed by atoms with Gasteiger partial charge in [0.25, 0.3) is 0 Å². The van der Waals surface area contributed by atoms with Crippen molar-refractivity contribution in [3.05, 3.63) is 35.1 Å². The van der Waals surface area contributed by atoms with E-state index in [4.69, 9.17) is 5.73 Å². The monoisotopic (exact) mass is 211 g/mol. The van der Waals surface area contributed by atoms with Crippen molar-refractivity contribution in [3.8, 4) is 0 Å². The highest BCUT2D eigenvalue weighted by Gasteiger charge is 1.96. The molecule has 0 aliphatic rings. The summed E-state index contributed by atoms with van der Waals surface area (Å²) in [4.78, 5) is 0. The molecule has 74 valence electrons. The van der Waals surface area contributed by atoms with E-state index in [1.807, 2.05) is 0 Å². The molecule has 14 heavy (non-hydrogen) atoms. The van der Waals surface area contributed by atoms with Gasteiger partial charge >= 0.3 is 0 Å². The lowest BCUT2D eigenvalue weighted by atomic mass is 10.1. The average molecular weight is 211 g/mol. The summed E-state index contributed by atoms with van der Waals surface area (Å²) in [7, 11) is 0. The lowest BCUT2D eigenvalue weighted by Crippen LogP contribution is -2.23. The van der Waals surface area contributed by atoms with Crippen LogP contribution < -0.4 is 11.2 Å². The van der Waals surface area contributed by atoms with Gasteiger partial charge in [0.05, 0.1) is 6.21 Å². The average Bonchev–Trinajstić information content (AvgIpc) is 2.10. The SMILES string of the molecule is Cc1cc(C=NNC(N)=S)ccc1F. The molecule has 0 unspecified atom stereocenters. The van der Waals surface area contributed by atoms with E-state index < -0.39 is 0 Å². The minimum atomic E-state index is -0.232. The molecule has 1 aromatic rings. The topological polar surface area (TPSA) is 50.4 Å². The van der Waals surface area contributed by atoms with Crippen molar-refractivity contribution < 1.29 is 4.39 Å². The van der Waals surface area contributed by atoms with Crippen LogP contribution in [0, 0.1) is 12.7 Å². The van der Waals surface area contributed by atoms with Crippen molar-refractivity contribution in [2.24, 2.45) is 10.8 Å². The molecule has 0 fully saturated rings. The molecule has 0 aromatic heterocycles. The maximum absolute atomic E-state index is 12.8. The first-order valence-corrected chi connectivity index (χ1v) is 4.35. The molecular formula is C9H10FN3S. The van der Waals surface area contributed by atoms with Gasteiger partial charge in [-0.15, -0.1) is 0 Å². The number of nitrogens with one attached hydrogen (secondary N) is 1. The van der Waals surface area contributed by atoms with Gasteiger partial charge in [-0.1, -0.05) is 6.07 Å². The summed E-state index contributed by atoms with van der Waals surface area (Å²) < 4.78 is 12.8. The second-order valence-corrected chi connectivity index (χ2v) is 3.18. The van der Waals surface area contributed by atoms with Crippen molar-refractivity contribution in [1.29, 1.82) is 0 Å². The van der Waals surface area contributed by atoms with Gasteiger partial charge in [0.15, 0.2) is 5.11 Å². The fraction of sp³-hybridized carbons (Fsp3) is 0.111. The molecule has 0 radical (unpaired) electrons. The summed E-state index contributed by atoms with van der Waals surface area (Å²) >= 11 is 4.55. The Morgan fingerprint density at radius 2 is 2.36 bits per heavy atom. The van der Waals surface area contributed by atoms with E-state index in [-0.39, 0.29) is 10.9 Å². The first-order valence-electron chi connectivity index (χ1n) is 3.94. The van der Waals surface area contributed by atoms with Crippen LogP contribution in [0.3, 0.4) is 0 Å². The largest absolute Gasteiger partial charge is 0.375 e. The Bertz CT molecular complexity index is 376. The van der Waals surface area contributed by atoms with E-state index in [0.29, 0.717) is 5.56 Å². The van der Waals surface area contributed by atoms with Gasteiger partial charge in [-0.2, -0.15) is 5.10 Å². The van der Waals surface area contributed by atoms with Crippen molar-refractivity contribution in [2.75, 3.05) is 0 Å². The lowest BCUT2D eigenvalue weighted by molar-refractivity contribution is 0.618. The molecule has 3 nitrogen and oxygen atoms in total. The number of halogens is 1. The predicted octanol–water partition coefficient (Wildman–Crippen LogP) is 1.30. The fourth-order valence-electron chi connectivity index (χ4n) is 0.919. The molecule has 5 heteroatoms. The van der Waals surface area contributed by atoms with Crippen LogP contribution in [0.25, 0.3) is 0 Å². The summed E-state index contributed by atoms with van der Waals surface area (Å²) in [6.45, 7) is 1.69. The molecular weight excluding hydrogens is 201 g/mol. The van der Waals surface area contributed by atoms with Gasteiger partial charge < -0.3 is 5.73 Å². The molecule has 0 atom stereocenters. The number of nitrogens with zero attached hydrogens (tertiary/aromatic N) is 1. The van der Waals surface area contributed by atoms with E-state index in [1.165, 1.54) is 12.3 Å². The number of aryl methyl sites for hydroxylation is 1. The standard InChI is InChI=1S/C9H10FN3S/c1-6-4-7(2-3-8(6)10)5-12-13-9(11)14/h2-5H,1H3,(H3,11,13,14). The second kappa shape index (κ2) is 4.66. The third kappa shape index (κ3) is 3.10. The molecule has 0 saturated heterocycles. The van der Waals surface area contributed by atoms with Crippen LogP contribution in [0.1, 0.15) is 11.1 Å². The van der Waals surface area contributed by atoms with E-state index in [1.54, 1.807) is 19.1 Å². The third-order valence-corrected chi connectivity index (χ3v) is 1.66. The Balaban J connectivity index is 2.73. The zero-order valence-corrected chi connectivity index (χ0v) is 8.44. The van der Waals surface area contributed by atoms with Crippen molar-refractivity contribution in [2.45, 2.75) is 6.92 Å². The second-order valence-electron chi connectivity index (χ2n) is 2.74. The first kappa shape index (κ1) is 10.6. The van der Waals surface area contributed by atoms with Gasteiger partial charge in [0, 0.05) is 0 Å². The number of thiocarbonyl (C=S) groups is 1. The van der Waals surface area contributed by atoms with Crippen LogP contribution in [-0.2, 0) is 0 Å². The summed E-state index contributed by atoms with van der Waals surface area (Å²) in [5.41, 5.74) is 8.93. The number of hydrogen-bond donors (Lipinski definition) is 2. The molecule has 0 aliphatic carbocycles. The van der Waals surface area contributed by atoms with Crippen LogP contribution >= 0.6 is 12.2 Å². The van der Waals surface area contributed by atoms with Crippen LogP contribution in [0.15, 0.2) is 23.3 Å². The van der Waals surface area contributed by atoms with Gasteiger partial charge in [-0.25, -0.2) is 4.39 Å². The Hall–Kier alpha value is -1.49. The lowest BCUT2D eigenvalue weighted by Gasteiger charge is -1.98. The maximum atomic E-state index is 12.8. The number of hydrazone groups is 1. The van der Waals surface area contributed by atoms with E-state index in [2.05, 4.69) is 22.7 Å². The van der Waals surface area contributed by atoms with Crippen molar-refractivity contribution in [1.82, 2.24) is 5.43 Å². The van der Waals surface area contributed by atoms with Crippen LogP contribution in [0.4, 0.5) is 4.39 Å². The molecule has 3 N–H and O–H groups in total. The summed E-state index contributed by atoms with van der Waals surface area (Å²) in [5.74, 6) is -0.232. The highest BCUT2D eigenvalue weighted by Crippen LogP contribution is 2.07. The highest BCUT2D eigenvalue weighted by molar-refractivity contribution is 7.80. The van der Waals surface area contributed by atoms with Crippen LogP contribution in [0.5, 0.6) is 0 Å². The van der Waals surface area contributed by atoms with Crippen molar-refractivity contribution in [3.63, 3.8) is 0 Å². The van der Waals surface area contributed by atoms with E-state index in [0.717, 1.165) is 5.56 Å². The van der Waals surface area contributed by atoms with Gasteiger partial charge in [0.1, 0.15) is 5.82 Å². The molecule has 0 aliphatic heterocycles. The van der Waals surface area contributed by atoms with Crippen LogP contribution in [0.2, 0.25) is 0 Å². The quantitative estimate of drug-likeness (QED) is 0.440. The molecule has 0 heterocycles. The molecule has 0 amide bonds. The minimum absolute atomic E-state index is 0.0973. The number of benzene rings is 1. The summed E-state index contributed by atoms with van der Waals surface area (Å²) in [6.07, 6.45) is 1.52. The first-order chi connectivity index (χ1) is 6.59. The Morgan fingerprint density at radius 1 is 1.64 bits per heavy atom. The van der Waals surface area contributed by atoms with Gasteiger partial charge in [-0.3, -0.25) is 5.43 Å². The zero-order chi connectivity index (χ0) is 10.6. The third-order valence-electron chi connectivity index (χ3n) is 1.57. The maximum Gasteiger partial charge on any atom is 0.184 e. The fourth-order valence-corrected chi connectivity index (χ4v) is 0.971. The smallest absolute Gasteiger partial charge is 0.184 e. The van der Waals surface area contributed by atoms with E-state index >= 15 is 0 Å². The molecule has 0 saturated carbocycles. The minimum Gasteiger partial charge on any atom is -0.375 e. The Kier molecular flexibility index (Phi) is 3.53. The highest BCUT2D eigenvalue weighted by atomic mass is 32.1. The van der Waals surface area contributed by atoms with Gasteiger partial charge in [-0.05, 0) is 42.4 Å². The molecule has 0 bridgehead atoms. The predicted molar refractivity (Wildman–Crippen MR) is 58.7 cm³/mol. The van der Waals surface area contributed by atoms with Crippen LogP contribution in [-0.4, -0.2) is 11.3 Å². The molecule has 0 spiro atoms. The molecule has 1 aromatic carbocycles. The summed E-state index contributed by atoms with van der Waals surface area (Å²) in [6, 6.07) is 4.69. The van der Waals surface area contributed by atoms with E-state index in [9.17, 15) is 4.39 Å². The van der Waals surface area contributed by atoms with Crippen molar-refractivity contribution >= 4 is 23.5 Å². The Labute approximate surface area is 86.8 Å².